The van der Waals surface area contributed by atoms with Crippen LogP contribution in [0.25, 0.3) is 0 Å². The minimum absolute atomic E-state index is 0.734. The lowest BCUT2D eigenvalue weighted by Crippen LogP contribution is -2.10. The quantitative estimate of drug-likeness (QED) is 0.696. The van der Waals surface area contributed by atoms with Gasteiger partial charge in [-0.25, -0.2) is 0 Å². The van der Waals surface area contributed by atoms with Crippen LogP contribution in [0.1, 0.15) is 10.4 Å². The molecule has 0 unspecified atom stereocenters. The molecule has 1 aromatic carbocycles. The smallest absolute Gasteiger partial charge is 0.152 e. The van der Waals surface area contributed by atoms with Gasteiger partial charge in [0.05, 0.1) is 0 Å². The summed E-state index contributed by atoms with van der Waals surface area (Å²) >= 11 is 0. The maximum atomic E-state index is 10.5. The summed E-state index contributed by atoms with van der Waals surface area (Å²) in [6.45, 7) is 0. The summed E-state index contributed by atoms with van der Waals surface area (Å²) in [6.07, 6.45) is 0.870. The van der Waals surface area contributed by atoms with Gasteiger partial charge in [0.2, 0.25) is 0 Å². The summed E-state index contributed by atoms with van der Waals surface area (Å²) in [7, 11) is 4.84. The maximum Gasteiger partial charge on any atom is 0.152 e. The number of aliphatic hydroxyl groups is 1. The van der Waals surface area contributed by atoms with E-state index in [1.807, 2.05) is 43.3 Å². The number of aldehydes is 1. The topological polar surface area (TPSA) is 40.5 Å². The van der Waals surface area contributed by atoms with E-state index >= 15 is 0 Å². The number of hydrogen-bond acceptors (Lipinski definition) is 3. The number of rotatable bonds is 2. The van der Waals surface area contributed by atoms with E-state index < -0.39 is 0 Å². The first-order valence-electron chi connectivity index (χ1n) is 3.92. The minimum atomic E-state index is 0.734. The lowest BCUT2D eigenvalue weighted by atomic mass is 10.2. The fraction of sp³-hybridized carbons (Fsp3) is 0.300. The highest BCUT2D eigenvalue weighted by Gasteiger charge is 1.99. The summed E-state index contributed by atoms with van der Waals surface area (Å²) in [5.41, 5.74) is 1.69. The molecule has 0 atom stereocenters. The van der Waals surface area contributed by atoms with E-state index in [1.54, 1.807) is 0 Å². The number of anilines is 1. The van der Waals surface area contributed by atoms with Crippen LogP contribution in [0.15, 0.2) is 24.3 Å². The number of carbonyl (C=O) groups is 1. The highest BCUT2D eigenvalue weighted by Crippen LogP contribution is 2.14. The van der Waals surface area contributed by atoms with Crippen LogP contribution < -0.4 is 4.90 Å². The van der Waals surface area contributed by atoms with Gasteiger partial charge in [0.25, 0.3) is 0 Å². The van der Waals surface area contributed by atoms with Gasteiger partial charge >= 0.3 is 0 Å². The lowest BCUT2D eigenvalue weighted by molar-refractivity contribution is 0.112. The summed E-state index contributed by atoms with van der Waals surface area (Å²) < 4.78 is 0. The molecule has 1 aromatic rings. The molecule has 0 aliphatic rings. The van der Waals surface area contributed by atoms with Gasteiger partial charge in [-0.1, -0.05) is 12.1 Å². The SMILES string of the molecule is CN(C)c1ccccc1C=O.CO. The molecule has 3 heteroatoms. The number of nitrogens with zero attached hydrogens (tertiary/aromatic N) is 1. The third kappa shape index (κ3) is 3.25. The molecule has 72 valence electrons. The molecule has 0 aromatic heterocycles. The van der Waals surface area contributed by atoms with Crippen LogP contribution in [0.3, 0.4) is 0 Å². The van der Waals surface area contributed by atoms with Crippen molar-refractivity contribution >= 4 is 12.0 Å². The predicted molar refractivity (Wildman–Crippen MR) is 54.3 cm³/mol. The fourth-order valence-corrected chi connectivity index (χ4v) is 0.994. The summed E-state index contributed by atoms with van der Waals surface area (Å²) in [5.74, 6) is 0. The number of aliphatic hydroxyl groups excluding tert-OH is 1. The van der Waals surface area contributed by atoms with Crippen molar-refractivity contribution < 1.29 is 9.90 Å². The number of para-hydroxylation sites is 1. The molecule has 0 saturated carbocycles. The van der Waals surface area contributed by atoms with Gasteiger partial charge in [-0.15, -0.1) is 0 Å². The molecule has 0 saturated heterocycles. The van der Waals surface area contributed by atoms with Gasteiger partial charge in [0.1, 0.15) is 0 Å². The van der Waals surface area contributed by atoms with E-state index in [9.17, 15) is 4.79 Å². The third-order valence-electron chi connectivity index (χ3n) is 1.55. The Morgan fingerprint density at radius 1 is 1.23 bits per heavy atom. The molecular formula is C10H15NO2. The van der Waals surface area contributed by atoms with Gasteiger partial charge < -0.3 is 10.0 Å². The van der Waals surface area contributed by atoms with E-state index in [-0.39, 0.29) is 0 Å². The average molecular weight is 181 g/mol. The van der Waals surface area contributed by atoms with Crippen molar-refractivity contribution in [1.82, 2.24) is 0 Å². The Bertz CT molecular complexity index is 259. The zero-order chi connectivity index (χ0) is 10.3. The molecule has 0 aliphatic heterocycles. The Hall–Kier alpha value is -1.35. The predicted octanol–water partition coefficient (Wildman–Crippen LogP) is 1.17. The van der Waals surface area contributed by atoms with Crippen molar-refractivity contribution in [1.29, 1.82) is 0 Å². The largest absolute Gasteiger partial charge is 0.400 e. The number of hydrogen-bond donors (Lipinski definition) is 1. The van der Waals surface area contributed by atoms with Crippen molar-refractivity contribution in [2.75, 3.05) is 26.1 Å². The molecule has 0 aliphatic carbocycles. The maximum absolute atomic E-state index is 10.5. The van der Waals surface area contributed by atoms with Gasteiger partial charge in [-0.3, -0.25) is 4.79 Å². The molecular weight excluding hydrogens is 166 g/mol. The van der Waals surface area contributed by atoms with Crippen molar-refractivity contribution in [3.05, 3.63) is 29.8 Å². The van der Waals surface area contributed by atoms with Crippen LogP contribution in [-0.4, -0.2) is 32.6 Å². The van der Waals surface area contributed by atoms with Crippen LogP contribution in [0.4, 0.5) is 5.69 Å². The zero-order valence-corrected chi connectivity index (χ0v) is 8.19. The number of carbonyl (C=O) groups excluding carboxylic acids is 1. The number of benzene rings is 1. The van der Waals surface area contributed by atoms with Crippen LogP contribution in [0.5, 0.6) is 0 Å². The Kier molecular flexibility index (Phi) is 5.55. The molecule has 0 fully saturated rings. The highest BCUT2D eigenvalue weighted by atomic mass is 16.2. The van der Waals surface area contributed by atoms with Crippen molar-refractivity contribution in [2.45, 2.75) is 0 Å². The van der Waals surface area contributed by atoms with E-state index in [4.69, 9.17) is 5.11 Å². The van der Waals surface area contributed by atoms with Crippen molar-refractivity contribution in [3.8, 4) is 0 Å². The molecule has 1 rings (SSSR count). The Balaban J connectivity index is 0.000000671. The second-order valence-corrected chi connectivity index (χ2v) is 2.57. The van der Waals surface area contributed by atoms with E-state index in [0.717, 1.165) is 24.6 Å². The van der Waals surface area contributed by atoms with Gasteiger partial charge in [-0.2, -0.15) is 0 Å². The van der Waals surface area contributed by atoms with Crippen LogP contribution in [0, 0.1) is 0 Å². The normalized spacial score (nSPS) is 8.31. The van der Waals surface area contributed by atoms with Gasteiger partial charge in [0.15, 0.2) is 6.29 Å². The first-order chi connectivity index (χ1) is 6.25. The molecule has 0 bridgehead atoms. The Morgan fingerprint density at radius 2 is 1.77 bits per heavy atom. The Labute approximate surface area is 78.6 Å². The van der Waals surface area contributed by atoms with E-state index in [2.05, 4.69) is 0 Å². The standard InChI is InChI=1S/C9H11NO.CH4O/c1-10(2)9-6-4-3-5-8(9)7-11;1-2/h3-7H,1-2H3;2H,1H3. The van der Waals surface area contributed by atoms with Crippen LogP contribution in [0.2, 0.25) is 0 Å². The van der Waals surface area contributed by atoms with Crippen molar-refractivity contribution in [3.63, 3.8) is 0 Å². The zero-order valence-electron chi connectivity index (χ0n) is 8.19. The Morgan fingerprint density at radius 3 is 2.15 bits per heavy atom. The summed E-state index contributed by atoms with van der Waals surface area (Å²) in [5, 5.41) is 7.00. The molecule has 13 heavy (non-hydrogen) atoms. The minimum Gasteiger partial charge on any atom is -0.400 e. The molecule has 0 spiro atoms. The van der Waals surface area contributed by atoms with Gasteiger partial charge in [-0.05, 0) is 12.1 Å². The van der Waals surface area contributed by atoms with Gasteiger partial charge in [0, 0.05) is 32.5 Å². The summed E-state index contributed by atoms with van der Waals surface area (Å²) in [4.78, 5) is 12.4. The molecule has 0 radical (unpaired) electrons. The van der Waals surface area contributed by atoms with Crippen LogP contribution in [-0.2, 0) is 0 Å². The van der Waals surface area contributed by atoms with Crippen molar-refractivity contribution in [2.24, 2.45) is 0 Å². The molecule has 0 amide bonds. The van der Waals surface area contributed by atoms with Crippen LogP contribution >= 0.6 is 0 Å². The first kappa shape index (κ1) is 11.6. The monoisotopic (exact) mass is 181 g/mol. The summed E-state index contributed by atoms with van der Waals surface area (Å²) in [6, 6.07) is 7.51. The second kappa shape index (κ2) is 6.20. The third-order valence-corrected chi connectivity index (χ3v) is 1.55. The van der Waals surface area contributed by atoms with E-state index in [1.165, 1.54) is 0 Å². The molecule has 3 nitrogen and oxygen atoms in total. The first-order valence-corrected chi connectivity index (χ1v) is 3.92. The molecule has 0 heterocycles. The fourth-order valence-electron chi connectivity index (χ4n) is 0.994. The lowest BCUT2D eigenvalue weighted by Gasteiger charge is -2.13. The average Bonchev–Trinajstić information content (AvgIpc) is 2.20. The second-order valence-electron chi connectivity index (χ2n) is 2.57. The molecule has 1 N–H and O–H groups in total. The van der Waals surface area contributed by atoms with E-state index in [0.29, 0.717) is 0 Å². The highest BCUT2D eigenvalue weighted by molar-refractivity contribution is 5.84.